The van der Waals surface area contributed by atoms with Gasteiger partial charge in [-0.3, -0.25) is 14.3 Å². The topological polar surface area (TPSA) is 116 Å². The van der Waals surface area contributed by atoms with Crippen LogP contribution in [0.4, 0.5) is 14.5 Å². The summed E-state index contributed by atoms with van der Waals surface area (Å²) in [6.45, 7) is 5.75. The van der Waals surface area contributed by atoms with Gasteiger partial charge in [0.25, 0.3) is 12.3 Å². The lowest BCUT2D eigenvalue weighted by molar-refractivity contribution is -0.119. The average molecular weight is 552 g/mol. The number of aryl methyl sites for hydroxylation is 1. The number of carbonyl (C=O) groups excluding carboxylic acids is 2. The van der Waals surface area contributed by atoms with E-state index >= 15 is 0 Å². The van der Waals surface area contributed by atoms with Gasteiger partial charge in [-0.1, -0.05) is 6.92 Å². The van der Waals surface area contributed by atoms with Crippen LogP contribution in [0, 0.1) is 19.8 Å². The fraction of sp³-hybridized carbons (Fsp3) is 0.273. The first-order valence-electron chi connectivity index (χ1n) is 10.2. The zero-order chi connectivity index (χ0) is 24.7. The molecule has 3 N–H and O–H groups in total. The van der Waals surface area contributed by atoms with Crippen LogP contribution in [-0.4, -0.2) is 26.6 Å². The molecule has 12 heteroatoms. The highest BCUT2D eigenvalue weighted by Crippen LogP contribution is 2.42. The number of alkyl halides is 2. The van der Waals surface area contributed by atoms with Gasteiger partial charge in [-0.25, -0.2) is 13.8 Å². The molecule has 1 unspecified atom stereocenters. The van der Waals surface area contributed by atoms with Crippen molar-refractivity contribution in [1.82, 2.24) is 14.8 Å². The molecule has 8 nitrogen and oxygen atoms in total. The van der Waals surface area contributed by atoms with E-state index in [1.54, 1.807) is 23.7 Å². The van der Waals surface area contributed by atoms with Gasteiger partial charge in [0.05, 0.1) is 34.6 Å². The maximum absolute atomic E-state index is 13.5. The minimum atomic E-state index is -2.84. The zero-order valence-corrected chi connectivity index (χ0v) is 20.8. The predicted octanol–water partition coefficient (Wildman–Crippen LogP) is 5.44. The van der Waals surface area contributed by atoms with E-state index in [2.05, 4.69) is 31.3 Å². The Labute approximate surface area is 205 Å². The maximum atomic E-state index is 13.5. The Kier molecular flexibility index (Phi) is 6.54. The Balaban J connectivity index is 1.78. The SMILES string of the molecule is Cc1nn(CC(C)C(=O)Nc2c(C(N)=O)sc3nc(C(F)F)cc(-c4ccco4)c23)c(C)c1Br. The Morgan fingerprint density at radius 2 is 2.09 bits per heavy atom. The molecule has 178 valence electrons. The van der Waals surface area contributed by atoms with Gasteiger partial charge in [0.2, 0.25) is 5.91 Å². The number of aromatic nitrogens is 3. The number of anilines is 1. The van der Waals surface area contributed by atoms with Crippen LogP contribution in [0.25, 0.3) is 21.5 Å². The molecular weight excluding hydrogens is 532 g/mol. The van der Waals surface area contributed by atoms with Gasteiger partial charge in [0.1, 0.15) is 21.2 Å². The lowest BCUT2D eigenvalue weighted by Crippen LogP contribution is -2.26. The number of thiophene rings is 1. The molecule has 0 saturated heterocycles. The Morgan fingerprint density at radius 3 is 2.65 bits per heavy atom. The summed E-state index contributed by atoms with van der Waals surface area (Å²) < 4.78 is 35.0. The summed E-state index contributed by atoms with van der Waals surface area (Å²) in [6, 6.07) is 4.40. The molecule has 0 aliphatic carbocycles. The van der Waals surface area contributed by atoms with Crippen molar-refractivity contribution in [3.63, 3.8) is 0 Å². The second kappa shape index (κ2) is 9.26. The first-order valence-corrected chi connectivity index (χ1v) is 11.8. The first kappa shape index (κ1) is 24.0. The van der Waals surface area contributed by atoms with E-state index in [0.717, 1.165) is 27.2 Å². The molecule has 34 heavy (non-hydrogen) atoms. The van der Waals surface area contributed by atoms with E-state index in [-0.39, 0.29) is 27.5 Å². The standard InChI is InChI=1S/C22H20BrF2N5O3S/c1-9(8-30-11(3)16(23)10(2)29-30)21(32)28-17-15-12(14-5-4-6-33-14)7-13(19(24)25)27-22(15)34-18(17)20(26)31/h4-7,9,19H,8H2,1-3H3,(H2,26,31)(H,28,32). The number of furan rings is 1. The van der Waals surface area contributed by atoms with Crippen LogP contribution < -0.4 is 11.1 Å². The quantitative estimate of drug-likeness (QED) is 0.317. The third kappa shape index (κ3) is 4.34. The number of nitrogens with one attached hydrogen (secondary N) is 1. The third-order valence-corrected chi connectivity index (χ3v) is 7.60. The summed E-state index contributed by atoms with van der Waals surface area (Å²) in [5.41, 5.74) is 7.16. The molecule has 2 amide bonds. The molecule has 0 fully saturated rings. The van der Waals surface area contributed by atoms with Crippen LogP contribution in [-0.2, 0) is 11.3 Å². The number of pyridine rings is 1. The van der Waals surface area contributed by atoms with Crippen molar-refractivity contribution in [3.8, 4) is 11.3 Å². The normalized spacial score (nSPS) is 12.4. The number of amides is 2. The van der Waals surface area contributed by atoms with E-state index in [1.807, 2.05) is 13.8 Å². The summed E-state index contributed by atoms with van der Waals surface area (Å²) >= 11 is 4.31. The Morgan fingerprint density at radius 1 is 1.35 bits per heavy atom. The molecule has 0 bridgehead atoms. The zero-order valence-electron chi connectivity index (χ0n) is 18.4. The molecule has 1 atom stereocenters. The minimum absolute atomic E-state index is 0.0103. The van der Waals surface area contributed by atoms with Crippen molar-refractivity contribution < 1.29 is 22.8 Å². The smallest absolute Gasteiger partial charge is 0.280 e. The molecule has 0 radical (unpaired) electrons. The monoisotopic (exact) mass is 551 g/mol. The molecule has 0 aromatic carbocycles. The van der Waals surface area contributed by atoms with E-state index in [4.69, 9.17) is 10.2 Å². The number of primary amides is 1. The van der Waals surface area contributed by atoms with E-state index in [1.165, 1.54) is 12.3 Å². The number of fused-ring (bicyclic) bond motifs is 1. The number of hydrogen-bond acceptors (Lipinski definition) is 6. The Hall–Kier alpha value is -3.12. The molecule has 0 saturated carbocycles. The maximum Gasteiger partial charge on any atom is 0.280 e. The largest absolute Gasteiger partial charge is 0.464 e. The van der Waals surface area contributed by atoms with Gasteiger partial charge in [-0.2, -0.15) is 5.10 Å². The lowest BCUT2D eigenvalue weighted by atomic mass is 10.1. The van der Waals surface area contributed by atoms with Crippen LogP contribution in [0.15, 0.2) is 33.4 Å². The van der Waals surface area contributed by atoms with E-state index in [9.17, 15) is 18.4 Å². The summed E-state index contributed by atoms with van der Waals surface area (Å²) in [4.78, 5) is 29.5. The van der Waals surface area contributed by atoms with Crippen molar-refractivity contribution in [2.45, 2.75) is 33.7 Å². The van der Waals surface area contributed by atoms with Crippen molar-refractivity contribution >= 4 is 55.0 Å². The van der Waals surface area contributed by atoms with Gasteiger partial charge in [0, 0.05) is 16.6 Å². The van der Waals surface area contributed by atoms with Gasteiger partial charge in [-0.15, -0.1) is 11.3 Å². The summed E-state index contributed by atoms with van der Waals surface area (Å²) in [6.07, 6.45) is -1.44. The fourth-order valence-electron chi connectivity index (χ4n) is 3.59. The molecule has 0 spiro atoms. The number of hydrogen-bond donors (Lipinski definition) is 2. The minimum Gasteiger partial charge on any atom is -0.464 e. The second-order valence-electron chi connectivity index (χ2n) is 7.78. The molecule has 0 aliphatic rings. The fourth-order valence-corrected chi connectivity index (χ4v) is 4.89. The highest BCUT2D eigenvalue weighted by atomic mass is 79.9. The van der Waals surface area contributed by atoms with Crippen LogP contribution in [0.3, 0.4) is 0 Å². The highest BCUT2D eigenvalue weighted by molar-refractivity contribution is 9.10. The summed E-state index contributed by atoms with van der Waals surface area (Å²) in [5, 5.41) is 7.51. The summed E-state index contributed by atoms with van der Waals surface area (Å²) in [5.74, 6) is -1.45. The molecule has 4 aromatic heterocycles. The molecule has 4 heterocycles. The third-order valence-electron chi connectivity index (χ3n) is 5.35. The van der Waals surface area contributed by atoms with Crippen LogP contribution in [0.2, 0.25) is 0 Å². The van der Waals surface area contributed by atoms with Gasteiger partial charge < -0.3 is 15.5 Å². The van der Waals surface area contributed by atoms with Gasteiger partial charge >= 0.3 is 0 Å². The van der Waals surface area contributed by atoms with E-state index in [0.29, 0.717) is 11.1 Å². The number of rotatable bonds is 7. The second-order valence-corrected chi connectivity index (χ2v) is 9.57. The number of nitrogens with zero attached hydrogens (tertiary/aromatic N) is 3. The Bertz CT molecular complexity index is 1400. The van der Waals surface area contributed by atoms with Crippen molar-refractivity contribution in [1.29, 1.82) is 0 Å². The predicted molar refractivity (Wildman–Crippen MR) is 128 cm³/mol. The highest BCUT2D eigenvalue weighted by Gasteiger charge is 2.27. The van der Waals surface area contributed by atoms with Gasteiger partial charge in [-0.05, 0) is 48.0 Å². The molecule has 0 aliphatic heterocycles. The van der Waals surface area contributed by atoms with Crippen LogP contribution in [0.1, 0.15) is 40.1 Å². The summed E-state index contributed by atoms with van der Waals surface area (Å²) in [7, 11) is 0. The molecule has 4 rings (SSSR count). The average Bonchev–Trinajstić information content (AvgIpc) is 3.50. The van der Waals surface area contributed by atoms with Crippen molar-refractivity contribution in [2.24, 2.45) is 11.7 Å². The molecule has 4 aromatic rings. The number of carbonyl (C=O) groups is 2. The van der Waals surface area contributed by atoms with Crippen molar-refractivity contribution in [3.05, 3.63) is 50.9 Å². The number of halogens is 3. The molecular formula is C22H20BrF2N5O3S. The van der Waals surface area contributed by atoms with Crippen LogP contribution in [0.5, 0.6) is 0 Å². The lowest BCUT2D eigenvalue weighted by Gasteiger charge is -2.15. The van der Waals surface area contributed by atoms with Gasteiger partial charge in [0.15, 0.2) is 0 Å². The van der Waals surface area contributed by atoms with E-state index < -0.39 is 29.9 Å². The number of nitrogens with two attached hydrogens (primary N) is 1. The first-order chi connectivity index (χ1) is 16.1. The van der Waals surface area contributed by atoms with Crippen LogP contribution >= 0.6 is 27.3 Å². The van der Waals surface area contributed by atoms with Crippen molar-refractivity contribution in [2.75, 3.05) is 5.32 Å².